The lowest BCUT2D eigenvalue weighted by Crippen LogP contribution is -2.41. The minimum atomic E-state index is -0.150. The van der Waals surface area contributed by atoms with Gasteiger partial charge in [0.1, 0.15) is 19.0 Å². The Bertz CT molecular complexity index is 1170. The summed E-state index contributed by atoms with van der Waals surface area (Å²) in [7, 11) is 0. The zero-order chi connectivity index (χ0) is 22.8. The number of benzene rings is 1. The van der Waals surface area contributed by atoms with Crippen molar-refractivity contribution in [3.8, 4) is 21.9 Å². The fourth-order valence-electron chi connectivity index (χ4n) is 3.98. The van der Waals surface area contributed by atoms with Crippen molar-refractivity contribution in [3.63, 3.8) is 0 Å². The summed E-state index contributed by atoms with van der Waals surface area (Å²) < 4.78 is 11.2. The Morgan fingerprint density at radius 1 is 1.03 bits per heavy atom. The molecular weight excluding hydrogens is 462 g/mol. The van der Waals surface area contributed by atoms with Crippen LogP contribution in [0.15, 0.2) is 48.7 Å². The molecule has 0 unspecified atom stereocenters. The van der Waals surface area contributed by atoms with E-state index in [4.69, 9.17) is 21.1 Å². The van der Waals surface area contributed by atoms with Crippen LogP contribution < -0.4 is 14.8 Å². The largest absolute Gasteiger partial charge is 0.486 e. The summed E-state index contributed by atoms with van der Waals surface area (Å²) in [5.74, 6) is 1.73. The van der Waals surface area contributed by atoms with Gasteiger partial charge in [-0.1, -0.05) is 11.6 Å². The Balaban J connectivity index is 1.19. The first-order valence-electron chi connectivity index (χ1n) is 10.8. The van der Waals surface area contributed by atoms with Crippen molar-refractivity contribution in [2.75, 3.05) is 31.6 Å². The van der Waals surface area contributed by atoms with E-state index in [2.05, 4.69) is 10.3 Å². The Morgan fingerprint density at radius 3 is 2.58 bits per heavy atom. The Labute approximate surface area is 200 Å². The van der Waals surface area contributed by atoms with Gasteiger partial charge < -0.3 is 19.7 Å². The van der Waals surface area contributed by atoms with Crippen molar-refractivity contribution in [3.05, 3.63) is 58.6 Å². The van der Waals surface area contributed by atoms with E-state index >= 15 is 0 Å². The van der Waals surface area contributed by atoms with Crippen molar-refractivity contribution in [1.82, 2.24) is 9.88 Å². The predicted molar refractivity (Wildman–Crippen MR) is 127 cm³/mol. The van der Waals surface area contributed by atoms with Crippen LogP contribution in [0.2, 0.25) is 5.02 Å². The topological polar surface area (TPSA) is 80.8 Å². The van der Waals surface area contributed by atoms with Gasteiger partial charge in [-0.3, -0.25) is 9.59 Å². The van der Waals surface area contributed by atoms with Crippen LogP contribution in [0.4, 0.5) is 5.82 Å². The molecule has 1 fully saturated rings. The van der Waals surface area contributed by atoms with Crippen LogP contribution in [0, 0.1) is 5.92 Å². The first kappa shape index (κ1) is 21.7. The SMILES string of the molecule is O=C(Nc1ccc(Cl)cn1)C1CCN(C(=O)c2ccc(-c3ccc4c(c3)OCCO4)s2)CC1. The molecule has 2 aliphatic heterocycles. The molecule has 9 heteroatoms. The lowest BCUT2D eigenvalue weighted by molar-refractivity contribution is -0.121. The molecule has 0 atom stereocenters. The summed E-state index contributed by atoms with van der Waals surface area (Å²) in [6.07, 6.45) is 2.73. The number of carbonyl (C=O) groups excluding carboxylic acids is 2. The van der Waals surface area contributed by atoms with Crippen LogP contribution >= 0.6 is 22.9 Å². The minimum absolute atomic E-state index is 0.00187. The number of nitrogens with one attached hydrogen (secondary N) is 1. The van der Waals surface area contributed by atoms with Gasteiger partial charge in [-0.05, 0) is 60.9 Å². The molecule has 1 aromatic carbocycles. The van der Waals surface area contributed by atoms with Gasteiger partial charge >= 0.3 is 0 Å². The number of aromatic nitrogens is 1. The summed E-state index contributed by atoms with van der Waals surface area (Å²) in [5.41, 5.74) is 0.995. The molecule has 4 heterocycles. The van der Waals surface area contributed by atoms with Gasteiger partial charge in [0.2, 0.25) is 5.91 Å². The zero-order valence-corrected chi connectivity index (χ0v) is 19.3. The molecule has 2 aliphatic rings. The smallest absolute Gasteiger partial charge is 0.263 e. The van der Waals surface area contributed by atoms with Crippen LogP contribution in [-0.2, 0) is 4.79 Å². The number of thiophene rings is 1. The molecule has 0 bridgehead atoms. The molecule has 7 nitrogen and oxygen atoms in total. The number of hydrogen-bond donors (Lipinski definition) is 1. The first-order valence-corrected chi connectivity index (χ1v) is 12.0. The van der Waals surface area contributed by atoms with Crippen molar-refractivity contribution < 1.29 is 19.1 Å². The number of piperidine rings is 1. The van der Waals surface area contributed by atoms with Crippen LogP contribution in [0.5, 0.6) is 11.5 Å². The fraction of sp³-hybridized carbons (Fsp3) is 0.292. The number of carbonyl (C=O) groups is 2. The highest BCUT2D eigenvalue weighted by Gasteiger charge is 2.28. The average Bonchev–Trinajstić information content (AvgIpc) is 3.35. The number of likely N-dealkylation sites (tertiary alicyclic amines) is 1. The predicted octanol–water partition coefficient (Wildman–Crippen LogP) is 4.73. The molecule has 2 amide bonds. The summed E-state index contributed by atoms with van der Waals surface area (Å²) in [4.78, 5) is 33.2. The monoisotopic (exact) mass is 483 g/mol. The summed E-state index contributed by atoms with van der Waals surface area (Å²) >= 11 is 7.30. The molecule has 0 aliphatic carbocycles. The summed E-state index contributed by atoms with van der Waals surface area (Å²) in [6, 6.07) is 13.0. The van der Waals surface area contributed by atoms with Gasteiger partial charge in [0.15, 0.2) is 11.5 Å². The lowest BCUT2D eigenvalue weighted by Gasteiger charge is -2.31. The maximum Gasteiger partial charge on any atom is 0.263 e. The maximum atomic E-state index is 13.0. The van der Waals surface area contributed by atoms with Gasteiger partial charge in [-0.2, -0.15) is 0 Å². The van der Waals surface area contributed by atoms with Crippen molar-refractivity contribution in [2.24, 2.45) is 5.92 Å². The second kappa shape index (κ2) is 9.41. The second-order valence-electron chi connectivity index (χ2n) is 7.94. The van der Waals surface area contributed by atoms with E-state index in [-0.39, 0.29) is 17.7 Å². The first-order chi connectivity index (χ1) is 16.1. The Kier molecular flexibility index (Phi) is 6.20. The zero-order valence-electron chi connectivity index (χ0n) is 17.8. The third kappa shape index (κ3) is 4.82. The van der Waals surface area contributed by atoms with E-state index in [1.807, 2.05) is 35.2 Å². The summed E-state index contributed by atoms with van der Waals surface area (Å²) in [6.45, 7) is 2.18. The number of ether oxygens (including phenoxy) is 2. The Hall–Kier alpha value is -3.10. The number of anilines is 1. The molecule has 0 saturated carbocycles. The van der Waals surface area contributed by atoms with Crippen LogP contribution in [0.3, 0.4) is 0 Å². The van der Waals surface area contributed by atoms with Crippen molar-refractivity contribution >= 4 is 40.6 Å². The van der Waals surface area contributed by atoms with E-state index in [1.54, 1.807) is 12.1 Å². The number of nitrogens with zero attached hydrogens (tertiary/aromatic N) is 2. The molecule has 5 rings (SSSR count). The van der Waals surface area contributed by atoms with E-state index in [0.29, 0.717) is 54.9 Å². The molecule has 0 spiro atoms. The Morgan fingerprint density at radius 2 is 1.82 bits per heavy atom. The number of rotatable bonds is 4. The highest BCUT2D eigenvalue weighted by molar-refractivity contribution is 7.17. The number of halogens is 1. The molecule has 2 aromatic heterocycles. The third-order valence-electron chi connectivity index (χ3n) is 5.78. The molecule has 170 valence electrons. The lowest BCUT2D eigenvalue weighted by atomic mass is 9.96. The van der Waals surface area contributed by atoms with Crippen molar-refractivity contribution in [1.29, 1.82) is 0 Å². The number of fused-ring (bicyclic) bond motifs is 1. The minimum Gasteiger partial charge on any atom is -0.486 e. The normalized spacial score (nSPS) is 15.8. The van der Waals surface area contributed by atoms with Crippen LogP contribution in [0.25, 0.3) is 10.4 Å². The maximum absolute atomic E-state index is 13.0. The van der Waals surface area contributed by atoms with E-state index in [0.717, 1.165) is 21.9 Å². The molecule has 3 aromatic rings. The van der Waals surface area contributed by atoms with E-state index in [9.17, 15) is 9.59 Å². The molecule has 0 radical (unpaired) electrons. The number of pyridine rings is 1. The molecular formula is C24H22ClN3O4S. The third-order valence-corrected chi connectivity index (χ3v) is 7.12. The van der Waals surface area contributed by atoms with Crippen LogP contribution in [0.1, 0.15) is 22.5 Å². The van der Waals surface area contributed by atoms with Gasteiger partial charge in [0, 0.05) is 30.1 Å². The average molecular weight is 484 g/mol. The van der Waals surface area contributed by atoms with Crippen LogP contribution in [-0.4, -0.2) is 48.0 Å². The van der Waals surface area contributed by atoms with E-state index < -0.39 is 0 Å². The van der Waals surface area contributed by atoms with Gasteiger partial charge in [-0.15, -0.1) is 11.3 Å². The second-order valence-corrected chi connectivity index (χ2v) is 9.46. The van der Waals surface area contributed by atoms with Gasteiger partial charge in [0.25, 0.3) is 5.91 Å². The highest BCUT2D eigenvalue weighted by atomic mass is 35.5. The standard InChI is InChI=1S/C24H22ClN3O4S/c25-17-2-6-22(26-14-17)27-23(29)15-7-9-28(10-8-15)24(30)21-5-4-20(33-21)16-1-3-18-19(13-16)32-12-11-31-18/h1-6,13-15H,7-12H2,(H,26,27,29). The van der Waals surface area contributed by atoms with Gasteiger partial charge in [0.05, 0.1) is 9.90 Å². The van der Waals surface area contributed by atoms with E-state index in [1.165, 1.54) is 17.5 Å². The quantitative estimate of drug-likeness (QED) is 0.580. The van der Waals surface area contributed by atoms with Crippen molar-refractivity contribution in [2.45, 2.75) is 12.8 Å². The molecule has 33 heavy (non-hydrogen) atoms. The molecule has 1 saturated heterocycles. The fourth-order valence-corrected chi connectivity index (χ4v) is 5.07. The molecule has 1 N–H and O–H groups in total. The van der Waals surface area contributed by atoms with Gasteiger partial charge in [-0.25, -0.2) is 4.98 Å². The number of hydrogen-bond acceptors (Lipinski definition) is 6. The summed E-state index contributed by atoms with van der Waals surface area (Å²) in [5, 5.41) is 3.35. The number of amides is 2. The highest BCUT2D eigenvalue weighted by Crippen LogP contribution is 2.37.